The Kier molecular flexibility index (Phi) is 6.95. The molecule has 0 amide bonds. The summed E-state index contributed by atoms with van der Waals surface area (Å²) in [7, 11) is 0. The third-order valence-corrected chi connectivity index (χ3v) is 5.94. The second-order valence-corrected chi connectivity index (χ2v) is 8.88. The third kappa shape index (κ3) is 5.28. The molecule has 0 aromatic heterocycles. The van der Waals surface area contributed by atoms with E-state index in [1.165, 1.54) is 12.8 Å². The molecule has 0 radical (unpaired) electrons. The van der Waals surface area contributed by atoms with E-state index < -0.39 is 0 Å². The van der Waals surface area contributed by atoms with Gasteiger partial charge in [-0.3, -0.25) is 4.79 Å². The van der Waals surface area contributed by atoms with Gasteiger partial charge < -0.3 is 4.74 Å². The Hall–Kier alpha value is -0.530. The van der Waals surface area contributed by atoms with E-state index in [1.54, 1.807) is 0 Å². The molecule has 1 aliphatic rings. The highest BCUT2D eigenvalue weighted by Crippen LogP contribution is 2.40. The van der Waals surface area contributed by atoms with E-state index in [0.717, 1.165) is 38.0 Å². The fourth-order valence-corrected chi connectivity index (χ4v) is 3.63. The summed E-state index contributed by atoms with van der Waals surface area (Å²) < 4.78 is 5.91. The lowest BCUT2D eigenvalue weighted by Gasteiger charge is -2.38. The molecule has 1 saturated carbocycles. The highest BCUT2D eigenvalue weighted by molar-refractivity contribution is 5.76. The van der Waals surface area contributed by atoms with Crippen molar-refractivity contribution < 1.29 is 9.53 Å². The van der Waals surface area contributed by atoms with E-state index in [9.17, 15) is 4.79 Å². The van der Waals surface area contributed by atoms with Gasteiger partial charge in [0.25, 0.3) is 0 Å². The number of rotatable bonds is 6. The maximum Gasteiger partial charge on any atom is 0.312 e. The molecule has 2 atom stereocenters. The third-order valence-electron chi connectivity index (χ3n) is 5.94. The van der Waals surface area contributed by atoms with E-state index in [1.807, 2.05) is 0 Å². The van der Waals surface area contributed by atoms with Crippen LogP contribution in [-0.2, 0) is 9.53 Å². The van der Waals surface area contributed by atoms with Gasteiger partial charge in [0.15, 0.2) is 0 Å². The van der Waals surface area contributed by atoms with Crippen molar-refractivity contribution >= 4 is 5.97 Å². The maximum absolute atomic E-state index is 12.7. The van der Waals surface area contributed by atoms with Gasteiger partial charge in [0.1, 0.15) is 6.10 Å². The van der Waals surface area contributed by atoms with Crippen LogP contribution in [0.2, 0.25) is 0 Å². The van der Waals surface area contributed by atoms with Crippen LogP contribution in [0.15, 0.2) is 0 Å². The first-order valence-corrected chi connectivity index (χ1v) is 9.33. The molecule has 0 N–H and O–H groups in total. The quantitative estimate of drug-likeness (QED) is 0.563. The van der Waals surface area contributed by atoms with Crippen LogP contribution in [0.25, 0.3) is 0 Å². The van der Waals surface area contributed by atoms with Crippen LogP contribution >= 0.6 is 0 Å². The highest BCUT2D eigenvalue weighted by Gasteiger charge is 2.37. The van der Waals surface area contributed by atoms with Gasteiger partial charge in [0, 0.05) is 0 Å². The van der Waals surface area contributed by atoms with Crippen molar-refractivity contribution in [3.05, 3.63) is 0 Å². The molecule has 0 saturated heterocycles. The topological polar surface area (TPSA) is 26.3 Å². The van der Waals surface area contributed by atoms with Crippen LogP contribution in [0, 0.1) is 22.7 Å². The molecule has 130 valence electrons. The molecule has 22 heavy (non-hydrogen) atoms. The van der Waals surface area contributed by atoms with Gasteiger partial charge in [-0.2, -0.15) is 0 Å². The number of hydrogen-bond acceptors (Lipinski definition) is 2. The summed E-state index contributed by atoms with van der Waals surface area (Å²) >= 11 is 0. The van der Waals surface area contributed by atoms with Gasteiger partial charge in [0.05, 0.1) is 5.41 Å². The van der Waals surface area contributed by atoms with E-state index >= 15 is 0 Å². The standard InChI is InChI=1S/C20H38O2/c1-8-15(3)14-20(7,9-2)18(21)22-17-12-10-16(11-13-17)19(4,5)6/h15-17H,8-14H2,1-7H3. The van der Waals surface area contributed by atoms with Gasteiger partial charge in [-0.25, -0.2) is 0 Å². The Bertz CT molecular complexity index is 347. The van der Waals surface area contributed by atoms with Gasteiger partial charge in [-0.15, -0.1) is 0 Å². The summed E-state index contributed by atoms with van der Waals surface area (Å²) in [5.74, 6) is 1.38. The zero-order valence-corrected chi connectivity index (χ0v) is 16.0. The van der Waals surface area contributed by atoms with Crippen LogP contribution in [0.3, 0.4) is 0 Å². The van der Waals surface area contributed by atoms with Crippen LogP contribution in [0.1, 0.15) is 93.4 Å². The number of esters is 1. The molecule has 0 heterocycles. The lowest BCUT2D eigenvalue weighted by Crippen LogP contribution is -2.36. The fourth-order valence-electron chi connectivity index (χ4n) is 3.63. The smallest absolute Gasteiger partial charge is 0.312 e. The molecule has 2 unspecified atom stereocenters. The first kappa shape index (κ1) is 19.5. The molecule has 0 aliphatic heterocycles. The molecule has 1 rings (SSSR count). The molecule has 1 fully saturated rings. The lowest BCUT2D eigenvalue weighted by molar-refractivity contribution is -0.164. The zero-order chi connectivity index (χ0) is 17.0. The summed E-state index contributed by atoms with van der Waals surface area (Å²) in [6.45, 7) is 15.6. The van der Waals surface area contributed by atoms with Crippen LogP contribution in [0.4, 0.5) is 0 Å². The van der Waals surface area contributed by atoms with Crippen molar-refractivity contribution in [2.45, 2.75) is 99.5 Å². The average molecular weight is 311 g/mol. The second kappa shape index (κ2) is 7.84. The van der Waals surface area contributed by atoms with Gasteiger partial charge >= 0.3 is 5.97 Å². The maximum atomic E-state index is 12.7. The lowest BCUT2D eigenvalue weighted by atomic mass is 9.72. The minimum Gasteiger partial charge on any atom is -0.462 e. The Morgan fingerprint density at radius 3 is 2.05 bits per heavy atom. The molecule has 0 bridgehead atoms. The minimum absolute atomic E-state index is 0.0366. The van der Waals surface area contributed by atoms with Gasteiger partial charge in [-0.05, 0) is 62.7 Å². The Morgan fingerprint density at radius 2 is 1.64 bits per heavy atom. The molecule has 0 aromatic rings. The van der Waals surface area contributed by atoms with Crippen molar-refractivity contribution in [2.75, 3.05) is 0 Å². The predicted molar refractivity (Wildman–Crippen MR) is 93.8 cm³/mol. The van der Waals surface area contributed by atoms with E-state index in [0.29, 0.717) is 11.3 Å². The number of ether oxygens (including phenoxy) is 1. The van der Waals surface area contributed by atoms with Crippen molar-refractivity contribution in [1.29, 1.82) is 0 Å². The predicted octanol–water partition coefficient (Wildman–Crippen LogP) is 5.99. The molecule has 0 spiro atoms. The van der Waals surface area contributed by atoms with Gasteiger partial charge in [0.2, 0.25) is 0 Å². The monoisotopic (exact) mass is 310 g/mol. The van der Waals surface area contributed by atoms with E-state index in [2.05, 4.69) is 48.5 Å². The summed E-state index contributed by atoms with van der Waals surface area (Å²) in [5.41, 5.74) is 0.0692. The van der Waals surface area contributed by atoms with Crippen LogP contribution in [0.5, 0.6) is 0 Å². The SMILES string of the molecule is CCC(C)CC(C)(CC)C(=O)OC1CCC(C(C)(C)C)CC1. The van der Waals surface area contributed by atoms with Crippen LogP contribution in [-0.4, -0.2) is 12.1 Å². The molecule has 0 aromatic carbocycles. The summed E-state index contributed by atoms with van der Waals surface area (Å²) in [6.07, 6.45) is 7.54. The van der Waals surface area contributed by atoms with Crippen molar-refractivity contribution in [1.82, 2.24) is 0 Å². The molecular formula is C20H38O2. The number of carbonyl (C=O) groups excluding carboxylic acids is 1. The first-order valence-electron chi connectivity index (χ1n) is 9.33. The molecule has 2 nitrogen and oxygen atoms in total. The Labute approximate surface area is 138 Å². The Balaban J connectivity index is 2.54. The average Bonchev–Trinajstić information content (AvgIpc) is 2.46. The summed E-state index contributed by atoms with van der Waals surface area (Å²) in [6, 6.07) is 0. The normalized spacial score (nSPS) is 27.0. The molecule has 1 aliphatic carbocycles. The second-order valence-electron chi connectivity index (χ2n) is 8.88. The number of carbonyl (C=O) groups is 1. The molecule has 2 heteroatoms. The van der Waals surface area contributed by atoms with Crippen molar-refractivity contribution in [2.24, 2.45) is 22.7 Å². The van der Waals surface area contributed by atoms with Gasteiger partial charge in [-0.1, -0.05) is 48.0 Å². The number of hydrogen-bond donors (Lipinski definition) is 0. The summed E-state index contributed by atoms with van der Waals surface area (Å²) in [4.78, 5) is 12.7. The first-order chi connectivity index (χ1) is 10.1. The summed E-state index contributed by atoms with van der Waals surface area (Å²) in [5, 5.41) is 0. The molecular weight excluding hydrogens is 272 g/mol. The van der Waals surface area contributed by atoms with Crippen molar-refractivity contribution in [3.8, 4) is 0 Å². The Morgan fingerprint density at radius 1 is 1.09 bits per heavy atom. The zero-order valence-electron chi connectivity index (χ0n) is 16.0. The van der Waals surface area contributed by atoms with E-state index in [-0.39, 0.29) is 17.5 Å². The fraction of sp³-hybridized carbons (Fsp3) is 0.950. The highest BCUT2D eigenvalue weighted by atomic mass is 16.5. The van der Waals surface area contributed by atoms with E-state index in [4.69, 9.17) is 4.74 Å². The largest absolute Gasteiger partial charge is 0.462 e. The van der Waals surface area contributed by atoms with Crippen LogP contribution < -0.4 is 0 Å². The van der Waals surface area contributed by atoms with Crippen molar-refractivity contribution in [3.63, 3.8) is 0 Å². The minimum atomic E-state index is -0.309.